The first-order valence-electron chi connectivity index (χ1n) is 10.9. The van der Waals surface area contributed by atoms with Crippen LogP contribution < -0.4 is 16.2 Å². The topological polar surface area (TPSA) is 77.2 Å². The van der Waals surface area contributed by atoms with Gasteiger partial charge in [-0.2, -0.15) is 13.2 Å². The van der Waals surface area contributed by atoms with E-state index in [-0.39, 0.29) is 29.7 Å². The summed E-state index contributed by atoms with van der Waals surface area (Å²) >= 11 is 0. The van der Waals surface area contributed by atoms with Crippen LogP contribution in [0.4, 0.5) is 18.9 Å². The predicted octanol–water partition coefficient (Wildman–Crippen LogP) is 3.33. The molecule has 2 aromatic rings. The zero-order valence-electron chi connectivity index (χ0n) is 17.6. The predicted molar refractivity (Wildman–Crippen MR) is 115 cm³/mol. The second-order valence-corrected chi connectivity index (χ2v) is 8.61. The van der Waals surface area contributed by atoms with Crippen LogP contribution in [0.1, 0.15) is 42.7 Å². The van der Waals surface area contributed by atoms with E-state index in [0.717, 1.165) is 56.5 Å². The number of pyridine rings is 1. The zero-order chi connectivity index (χ0) is 22.7. The van der Waals surface area contributed by atoms with Gasteiger partial charge in [0.2, 0.25) is 5.91 Å². The summed E-state index contributed by atoms with van der Waals surface area (Å²) < 4.78 is 38.3. The van der Waals surface area contributed by atoms with Crippen LogP contribution in [-0.4, -0.2) is 47.5 Å². The molecule has 0 atom stereocenters. The van der Waals surface area contributed by atoms with Crippen LogP contribution in [0.5, 0.6) is 0 Å². The third kappa shape index (κ3) is 5.32. The second kappa shape index (κ2) is 9.36. The average molecular weight is 448 g/mol. The highest BCUT2D eigenvalue weighted by molar-refractivity contribution is 5.81. The fourth-order valence-electron chi connectivity index (χ4n) is 4.68. The highest BCUT2D eigenvalue weighted by atomic mass is 19.4. The van der Waals surface area contributed by atoms with Gasteiger partial charge in [0.05, 0.1) is 18.2 Å². The average Bonchev–Trinajstić information content (AvgIpc) is 2.75. The fraction of sp³-hybridized carbons (Fsp3) is 0.478. The van der Waals surface area contributed by atoms with E-state index < -0.39 is 11.7 Å². The monoisotopic (exact) mass is 448 g/mol. The summed E-state index contributed by atoms with van der Waals surface area (Å²) in [5.41, 5.74) is 0.387. The summed E-state index contributed by atoms with van der Waals surface area (Å²) in [6, 6.07) is 9.12. The van der Waals surface area contributed by atoms with Crippen molar-refractivity contribution in [2.24, 2.45) is 0 Å². The van der Waals surface area contributed by atoms with E-state index in [9.17, 15) is 22.8 Å². The van der Waals surface area contributed by atoms with Gasteiger partial charge in [0.25, 0.3) is 5.56 Å². The summed E-state index contributed by atoms with van der Waals surface area (Å²) in [5, 5.41) is 5.69. The highest BCUT2D eigenvalue weighted by Gasteiger charge is 2.35. The van der Waals surface area contributed by atoms with Crippen molar-refractivity contribution in [2.45, 2.75) is 49.9 Å². The molecule has 1 aliphatic carbocycles. The minimum Gasteiger partial charge on any atom is -0.376 e. The standard InChI is InChI=1S/C23H27F3N4O2/c24-23(25,26)16-3-1-4-17(11-16)28-12-21(31)29-18-13-30(14-18)19-8-6-15(7-9-19)20-5-2-10-27-22(20)32/h1-5,10-11,15,18-19,28H,6-9,12-14H2,(H,27,32)(H,29,31). The van der Waals surface area contributed by atoms with Gasteiger partial charge in [-0.05, 0) is 55.9 Å². The normalized spacial score (nSPS) is 22.2. The van der Waals surface area contributed by atoms with Gasteiger partial charge in [-0.25, -0.2) is 0 Å². The number of carbonyl (C=O) groups excluding carboxylic acids is 1. The molecule has 0 spiro atoms. The van der Waals surface area contributed by atoms with Crippen molar-refractivity contribution in [3.05, 3.63) is 64.1 Å². The van der Waals surface area contributed by atoms with E-state index >= 15 is 0 Å². The van der Waals surface area contributed by atoms with Crippen LogP contribution in [0, 0.1) is 0 Å². The highest BCUT2D eigenvalue weighted by Crippen LogP contribution is 2.35. The molecule has 2 heterocycles. The molecule has 6 nitrogen and oxygen atoms in total. The Morgan fingerprint density at radius 2 is 1.84 bits per heavy atom. The number of hydrogen-bond acceptors (Lipinski definition) is 4. The Bertz CT molecular complexity index is 993. The molecular formula is C23H27F3N4O2. The van der Waals surface area contributed by atoms with E-state index in [2.05, 4.69) is 20.5 Å². The van der Waals surface area contributed by atoms with E-state index in [0.29, 0.717) is 12.0 Å². The van der Waals surface area contributed by atoms with Crippen LogP contribution in [0.2, 0.25) is 0 Å². The number of likely N-dealkylation sites (tertiary alicyclic amines) is 1. The van der Waals surface area contributed by atoms with Gasteiger partial charge in [0.15, 0.2) is 0 Å². The van der Waals surface area contributed by atoms with Crippen LogP contribution in [0.3, 0.4) is 0 Å². The third-order valence-electron chi connectivity index (χ3n) is 6.42. The molecule has 1 aliphatic heterocycles. The molecule has 172 valence electrons. The molecule has 32 heavy (non-hydrogen) atoms. The number of hydrogen-bond donors (Lipinski definition) is 3. The van der Waals surface area contributed by atoms with Crippen LogP contribution in [0.15, 0.2) is 47.4 Å². The molecule has 0 bridgehead atoms. The Hall–Kier alpha value is -2.81. The van der Waals surface area contributed by atoms with Crippen molar-refractivity contribution in [1.29, 1.82) is 0 Å². The van der Waals surface area contributed by atoms with Gasteiger partial charge >= 0.3 is 6.18 Å². The van der Waals surface area contributed by atoms with Crippen LogP contribution in [-0.2, 0) is 11.0 Å². The maximum atomic E-state index is 12.8. The van der Waals surface area contributed by atoms with E-state index in [1.807, 2.05) is 12.1 Å². The van der Waals surface area contributed by atoms with Gasteiger partial charge < -0.3 is 15.6 Å². The van der Waals surface area contributed by atoms with Crippen molar-refractivity contribution in [3.8, 4) is 0 Å². The minimum atomic E-state index is -4.41. The van der Waals surface area contributed by atoms with Gasteiger partial charge in [-0.1, -0.05) is 12.1 Å². The van der Waals surface area contributed by atoms with Gasteiger partial charge in [-0.15, -0.1) is 0 Å². The number of alkyl halides is 3. The molecular weight excluding hydrogens is 421 g/mol. The number of anilines is 1. The Morgan fingerprint density at radius 1 is 1.09 bits per heavy atom. The summed E-state index contributed by atoms with van der Waals surface area (Å²) in [6.07, 6.45) is 1.25. The second-order valence-electron chi connectivity index (χ2n) is 8.61. The van der Waals surface area contributed by atoms with E-state index in [1.54, 1.807) is 6.20 Å². The number of nitrogens with zero attached hydrogens (tertiary/aromatic N) is 1. The number of aromatic nitrogens is 1. The number of rotatable bonds is 6. The Labute approximate surface area is 184 Å². The SMILES string of the molecule is O=C(CNc1cccc(C(F)(F)F)c1)NC1CN(C2CCC(c3ccc[nH]c3=O)CC2)C1. The van der Waals surface area contributed by atoms with Crippen molar-refractivity contribution < 1.29 is 18.0 Å². The quantitative estimate of drug-likeness (QED) is 0.634. The molecule has 1 aromatic heterocycles. The largest absolute Gasteiger partial charge is 0.416 e. The molecule has 1 amide bonds. The molecule has 0 radical (unpaired) electrons. The third-order valence-corrected chi connectivity index (χ3v) is 6.42. The number of carbonyl (C=O) groups is 1. The minimum absolute atomic E-state index is 0.00131. The molecule has 1 saturated carbocycles. The summed E-state index contributed by atoms with van der Waals surface area (Å²) in [5.74, 6) is 0.0639. The van der Waals surface area contributed by atoms with Crippen molar-refractivity contribution >= 4 is 11.6 Å². The molecule has 1 aromatic carbocycles. The maximum Gasteiger partial charge on any atom is 0.416 e. The summed E-state index contributed by atoms with van der Waals surface area (Å²) in [6.45, 7) is 1.47. The Morgan fingerprint density at radius 3 is 2.53 bits per heavy atom. The molecule has 2 aliphatic rings. The molecule has 0 unspecified atom stereocenters. The Balaban J connectivity index is 1.17. The first-order chi connectivity index (χ1) is 15.3. The molecule has 4 rings (SSSR count). The van der Waals surface area contributed by atoms with Gasteiger partial charge in [0.1, 0.15) is 0 Å². The smallest absolute Gasteiger partial charge is 0.376 e. The number of benzene rings is 1. The maximum absolute atomic E-state index is 12.8. The lowest BCUT2D eigenvalue weighted by Gasteiger charge is -2.46. The Kier molecular flexibility index (Phi) is 6.55. The number of amides is 1. The lowest BCUT2D eigenvalue weighted by Crippen LogP contribution is -2.63. The summed E-state index contributed by atoms with van der Waals surface area (Å²) in [4.78, 5) is 29.3. The summed E-state index contributed by atoms with van der Waals surface area (Å²) in [7, 11) is 0. The number of halogens is 3. The molecule has 1 saturated heterocycles. The van der Waals surface area contributed by atoms with Crippen LogP contribution >= 0.6 is 0 Å². The molecule has 2 fully saturated rings. The number of H-pyrrole nitrogens is 1. The lowest BCUT2D eigenvalue weighted by molar-refractivity contribution is -0.137. The number of aromatic amines is 1. The lowest BCUT2D eigenvalue weighted by atomic mass is 9.80. The fourth-order valence-corrected chi connectivity index (χ4v) is 4.68. The molecule has 9 heteroatoms. The van der Waals surface area contributed by atoms with Crippen molar-refractivity contribution in [3.63, 3.8) is 0 Å². The van der Waals surface area contributed by atoms with Gasteiger partial charge in [-0.3, -0.25) is 14.5 Å². The van der Waals surface area contributed by atoms with E-state index in [1.165, 1.54) is 12.1 Å². The van der Waals surface area contributed by atoms with E-state index in [4.69, 9.17) is 0 Å². The zero-order valence-corrected chi connectivity index (χ0v) is 17.6. The first kappa shape index (κ1) is 22.4. The number of nitrogens with one attached hydrogen (secondary N) is 3. The van der Waals surface area contributed by atoms with Crippen molar-refractivity contribution in [2.75, 3.05) is 25.0 Å². The molecule has 3 N–H and O–H groups in total. The van der Waals surface area contributed by atoms with Crippen LogP contribution in [0.25, 0.3) is 0 Å². The first-order valence-corrected chi connectivity index (χ1v) is 10.9. The van der Waals surface area contributed by atoms with Crippen molar-refractivity contribution in [1.82, 2.24) is 15.2 Å². The van der Waals surface area contributed by atoms with Gasteiger partial charge in [0, 0.05) is 36.6 Å².